The average Bonchev–Trinajstić information content (AvgIpc) is 3.29. The van der Waals surface area contributed by atoms with Gasteiger partial charge in [0.2, 0.25) is 0 Å². The smallest absolute Gasteiger partial charge is 0.335 e. The first-order valence-corrected chi connectivity index (χ1v) is 23.0. The molecule has 0 aliphatic heterocycles. The molecule has 6 aromatic carbocycles. The molecule has 0 amide bonds. The second-order valence-corrected chi connectivity index (χ2v) is 17.2. The van der Waals surface area contributed by atoms with Crippen molar-refractivity contribution in [1.82, 2.24) is 0 Å². The van der Waals surface area contributed by atoms with E-state index in [1.807, 2.05) is 0 Å². The average molecular weight is 931 g/mol. The minimum absolute atomic E-state index is 0.110. The minimum atomic E-state index is -4.02. The van der Waals surface area contributed by atoms with Crippen LogP contribution in [-0.2, 0) is 20.0 Å². The summed E-state index contributed by atoms with van der Waals surface area (Å²) in [6.07, 6.45) is 1.95. The second kappa shape index (κ2) is 23.4. The van der Waals surface area contributed by atoms with E-state index < -0.39 is 37.8 Å². The number of carboxylic acids is 2. The molecule has 0 radical (unpaired) electrons. The normalized spacial score (nSPS) is 11.0. The summed E-state index contributed by atoms with van der Waals surface area (Å²) in [6, 6.07) is 34.9. The van der Waals surface area contributed by atoms with E-state index in [1.165, 1.54) is 66.7 Å². The molecule has 65 heavy (non-hydrogen) atoms. The second-order valence-electron chi connectivity index (χ2n) is 13.8. The Morgan fingerprint density at radius 2 is 0.954 bits per heavy atom. The first kappa shape index (κ1) is 48.7. The summed E-state index contributed by atoms with van der Waals surface area (Å²) in [5.74, 6) is -0.445. The number of para-hydroxylation sites is 4. The molecule has 0 aromatic heterocycles. The lowest BCUT2D eigenvalue weighted by molar-refractivity contribution is 0.0686. The van der Waals surface area contributed by atoms with E-state index in [0.717, 1.165) is 18.9 Å². The lowest BCUT2D eigenvalue weighted by atomic mass is 10.2. The van der Waals surface area contributed by atoms with Crippen LogP contribution in [0, 0.1) is 12.7 Å². The molecule has 0 saturated heterocycles. The zero-order valence-electron chi connectivity index (χ0n) is 35.3. The molecule has 0 spiro atoms. The van der Waals surface area contributed by atoms with E-state index in [4.69, 9.17) is 33.9 Å². The molecule has 0 atom stereocenters. The molecule has 0 fully saturated rings. The highest BCUT2D eigenvalue weighted by molar-refractivity contribution is 7.93. The number of halogens is 1. The molecule has 6 rings (SSSR count). The molecule has 0 unspecified atom stereocenters. The largest absolute Gasteiger partial charge is 0.494 e. The number of hydrogen-bond donors (Lipinski definition) is 4. The molecule has 0 heterocycles. The highest BCUT2D eigenvalue weighted by Crippen LogP contribution is 2.29. The van der Waals surface area contributed by atoms with Crippen molar-refractivity contribution < 1.29 is 64.7 Å². The number of ether oxygens (including phenoxy) is 5. The van der Waals surface area contributed by atoms with Gasteiger partial charge in [-0.2, -0.15) is 0 Å². The highest BCUT2D eigenvalue weighted by Gasteiger charge is 2.20. The van der Waals surface area contributed by atoms with Crippen LogP contribution in [0.25, 0.3) is 0 Å². The van der Waals surface area contributed by atoms with Crippen LogP contribution in [0.1, 0.15) is 46.0 Å². The van der Waals surface area contributed by atoms with Gasteiger partial charge in [-0.15, -0.1) is 0 Å². The number of carboxylic acid groups (broad SMARTS) is 2. The predicted molar refractivity (Wildman–Crippen MR) is 241 cm³/mol. The molecule has 6 aromatic rings. The van der Waals surface area contributed by atoms with E-state index in [-0.39, 0.29) is 58.8 Å². The number of benzene rings is 6. The summed E-state index contributed by atoms with van der Waals surface area (Å²) >= 11 is 0. The van der Waals surface area contributed by atoms with Crippen molar-refractivity contribution in [2.24, 2.45) is 0 Å². The maximum Gasteiger partial charge on any atom is 0.335 e. The van der Waals surface area contributed by atoms with Gasteiger partial charge in [0.15, 0.2) is 0 Å². The van der Waals surface area contributed by atoms with Gasteiger partial charge in [-0.25, -0.2) is 30.8 Å². The number of sulfonamides is 2. The highest BCUT2D eigenvalue weighted by atomic mass is 32.2. The third-order valence-corrected chi connectivity index (χ3v) is 11.9. The van der Waals surface area contributed by atoms with Crippen LogP contribution >= 0.6 is 0 Å². The predicted octanol–water partition coefficient (Wildman–Crippen LogP) is 8.91. The summed E-state index contributed by atoms with van der Waals surface area (Å²) in [7, 11) is -7.85. The van der Waals surface area contributed by atoms with Crippen molar-refractivity contribution in [2.75, 3.05) is 42.5 Å². The van der Waals surface area contributed by atoms with Gasteiger partial charge in [0, 0.05) is 0 Å². The van der Waals surface area contributed by atoms with E-state index in [1.54, 1.807) is 73.7 Å². The van der Waals surface area contributed by atoms with Gasteiger partial charge in [-0.3, -0.25) is 9.44 Å². The van der Waals surface area contributed by atoms with Crippen molar-refractivity contribution >= 4 is 43.4 Å². The fraction of sp³-hybridized carbons (Fsp3) is 0.191. The van der Waals surface area contributed by atoms with Crippen LogP contribution in [0.5, 0.6) is 28.7 Å². The zero-order valence-corrected chi connectivity index (χ0v) is 36.9. The fourth-order valence-electron chi connectivity index (χ4n) is 5.68. The van der Waals surface area contributed by atoms with Crippen LogP contribution in [0.4, 0.5) is 15.8 Å². The third-order valence-electron chi connectivity index (χ3n) is 9.02. The Morgan fingerprint density at radius 1 is 0.538 bits per heavy atom. The number of carbonyl (C=O) groups is 2. The summed E-state index contributed by atoms with van der Waals surface area (Å²) in [5.41, 5.74) is 1.24. The van der Waals surface area contributed by atoms with Crippen LogP contribution < -0.4 is 33.1 Å². The van der Waals surface area contributed by atoms with Crippen molar-refractivity contribution in [2.45, 2.75) is 36.5 Å². The van der Waals surface area contributed by atoms with E-state index >= 15 is 0 Å². The van der Waals surface area contributed by atoms with Crippen molar-refractivity contribution in [3.05, 3.63) is 162 Å². The minimum Gasteiger partial charge on any atom is -0.494 e. The molecule has 18 heteroatoms. The third kappa shape index (κ3) is 14.9. The van der Waals surface area contributed by atoms with Gasteiger partial charge >= 0.3 is 11.9 Å². The van der Waals surface area contributed by atoms with Crippen LogP contribution in [0.3, 0.4) is 0 Å². The van der Waals surface area contributed by atoms with Gasteiger partial charge in [0.05, 0.1) is 38.9 Å². The van der Waals surface area contributed by atoms with Crippen LogP contribution in [0.2, 0.25) is 0 Å². The first-order valence-electron chi connectivity index (χ1n) is 20.1. The molecule has 4 N–H and O–H groups in total. The van der Waals surface area contributed by atoms with Crippen molar-refractivity contribution in [3.8, 4) is 28.7 Å². The maximum absolute atomic E-state index is 13.5. The Labute approximate surface area is 376 Å². The van der Waals surface area contributed by atoms with Gasteiger partial charge < -0.3 is 33.9 Å². The Balaban J connectivity index is 0.000000245. The lowest BCUT2D eigenvalue weighted by Crippen LogP contribution is -2.16. The molecule has 0 aliphatic carbocycles. The van der Waals surface area contributed by atoms with Crippen molar-refractivity contribution in [3.63, 3.8) is 0 Å². The Morgan fingerprint density at radius 3 is 1.42 bits per heavy atom. The van der Waals surface area contributed by atoms with Gasteiger partial charge in [0.25, 0.3) is 20.0 Å². The molecular formula is C47H47FN2O13S2. The van der Waals surface area contributed by atoms with Crippen molar-refractivity contribution in [1.29, 1.82) is 0 Å². The summed E-state index contributed by atoms with van der Waals surface area (Å²) in [5, 5.41) is 17.8. The van der Waals surface area contributed by atoms with E-state index in [9.17, 15) is 30.8 Å². The first-order chi connectivity index (χ1) is 31.1. The number of unbranched alkanes of at least 4 members (excludes halogenated alkanes) is 1. The Hall–Kier alpha value is -7.31. The van der Waals surface area contributed by atoms with Gasteiger partial charge in [-0.05, 0) is 128 Å². The standard InChI is InChI=1S/C25H27NO7S.C22H20FNO6S/c1-2-3-16-31-21-12-14-22(15-13-21)34(29,30)26-23-6-4-5-7-24(23)33-18-17-32-20-10-8-19(9-11-20)25(27)28;1-15-6-9-17(23)14-21(15)31(27,28)24-19-4-2-3-5-20(19)30-13-12-29-18-10-7-16(8-11-18)22(25)26/h4-15,26H,2-3,16-18H2,1H3,(H,27,28);2-11,14,24H,12-13H2,1H3,(H,25,26). The monoisotopic (exact) mass is 930 g/mol. The maximum atomic E-state index is 13.5. The summed E-state index contributed by atoms with van der Waals surface area (Å²) < 4.78 is 97.6. The fourth-order valence-corrected chi connectivity index (χ4v) is 8.08. The number of aromatic carboxylic acids is 2. The van der Waals surface area contributed by atoms with Gasteiger partial charge in [0.1, 0.15) is 61.0 Å². The zero-order chi connectivity index (χ0) is 46.8. The molecule has 0 bridgehead atoms. The Kier molecular flexibility index (Phi) is 17.5. The number of anilines is 2. The summed E-state index contributed by atoms with van der Waals surface area (Å²) in [6.45, 7) is 4.84. The SMILES string of the molecule is CCCCOc1ccc(S(=O)(=O)Nc2ccccc2OCCOc2ccc(C(=O)O)cc2)cc1.Cc1ccc(F)cc1S(=O)(=O)Nc1ccccc1OCCOc1ccc(C(=O)O)cc1. The van der Waals surface area contributed by atoms with Crippen LogP contribution in [0.15, 0.2) is 149 Å². The number of nitrogens with one attached hydrogen (secondary N) is 2. The summed E-state index contributed by atoms with van der Waals surface area (Å²) in [4.78, 5) is 21.7. The molecule has 0 saturated carbocycles. The number of rotatable bonds is 22. The topological polar surface area (TPSA) is 213 Å². The van der Waals surface area contributed by atoms with Gasteiger partial charge in [-0.1, -0.05) is 43.7 Å². The number of hydrogen-bond acceptors (Lipinski definition) is 11. The lowest BCUT2D eigenvalue weighted by Gasteiger charge is -2.15. The Bertz CT molecular complexity index is 2740. The molecule has 342 valence electrons. The molecule has 0 aliphatic rings. The van der Waals surface area contributed by atoms with Crippen LogP contribution in [-0.4, -0.2) is 72.0 Å². The molecular weight excluding hydrogens is 884 g/mol. The molecule has 15 nitrogen and oxygen atoms in total. The van der Waals surface area contributed by atoms with E-state index in [0.29, 0.717) is 40.9 Å². The number of aryl methyl sites for hydroxylation is 1. The quantitative estimate of drug-likeness (QED) is 0.0469. The van der Waals surface area contributed by atoms with E-state index in [2.05, 4.69) is 16.4 Å².